The topological polar surface area (TPSA) is 20.2 Å². The minimum atomic E-state index is -0.214. The van der Waals surface area contributed by atoms with Crippen LogP contribution in [0.25, 0.3) is 0 Å². The molecule has 1 rings (SSSR count). The van der Waals surface area contributed by atoms with Crippen LogP contribution in [0.15, 0.2) is 24.3 Å². The average Bonchev–Trinajstić information content (AvgIpc) is 2.21. The summed E-state index contributed by atoms with van der Waals surface area (Å²) in [5.74, 6) is 0.182. The van der Waals surface area contributed by atoms with E-state index in [0.717, 1.165) is 12.0 Å². The Morgan fingerprint density at radius 1 is 1.27 bits per heavy atom. The van der Waals surface area contributed by atoms with Crippen LogP contribution in [-0.2, 0) is 6.42 Å². The molecule has 84 valence electrons. The maximum Gasteiger partial charge on any atom is 0.123 e. The number of aliphatic hydroxyl groups excluding tert-OH is 1. The summed E-state index contributed by atoms with van der Waals surface area (Å²) in [6.45, 7) is 6.41. The third-order valence-electron chi connectivity index (χ3n) is 3.28. The van der Waals surface area contributed by atoms with Gasteiger partial charge in [-0.05, 0) is 35.4 Å². The average molecular weight is 210 g/mol. The second-order valence-corrected chi connectivity index (χ2v) is 4.77. The summed E-state index contributed by atoms with van der Waals surface area (Å²) >= 11 is 0. The van der Waals surface area contributed by atoms with Gasteiger partial charge >= 0.3 is 0 Å². The predicted octanol–water partition coefficient (Wildman–Crippen LogP) is 3.02. The van der Waals surface area contributed by atoms with Gasteiger partial charge in [-0.3, -0.25) is 0 Å². The Labute approximate surface area is 90.9 Å². The molecule has 15 heavy (non-hydrogen) atoms. The number of rotatable bonds is 4. The lowest BCUT2D eigenvalue weighted by molar-refractivity contribution is 0.0947. The normalized spacial score (nSPS) is 15.3. The molecule has 0 amide bonds. The van der Waals surface area contributed by atoms with Crippen LogP contribution in [0.3, 0.4) is 0 Å². The zero-order chi connectivity index (χ0) is 11.5. The Balaban J connectivity index is 2.79. The van der Waals surface area contributed by atoms with E-state index in [0.29, 0.717) is 5.92 Å². The van der Waals surface area contributed by atoms with E-state index < -0.39 is 0 Å². The van der Waals surface area contributed by atoms with Crippen LogP contribution in [0.1, 0.15) is 26.3 Å². The zero-order valence-electron chi connectivity index (χ0n) is 9.63. The van der Waals surface area contributed by atoms with Crippen molar-refractivity contribution >= 4 is 0 Å². The number of halogens is 1. The summed E-state index contributed by atoms with van der Waals surface area (Å²) in [7, 11) is 0. The molecule has 0 aliphatic heterocycles. The zero-order valence-corrected chi connectivity index (χ0v) is 9.63. The van der Waals surface area contributed by atoms with E-state index >= 15 is 0 Å². The van der Waals surface area contributed by atoms with Gasteiger partial charge in [-0.2, -0.15) is 0 Å². The highest BCUT2D eigenvalue weighted by atomic mass is 19.1. The molecule has 0 fully saturated rings. The fraction of sp³-hybridized carbons (Fsp3) is 0.538. The molecule has 1 atom stereocenters. The minimum absolute atomic E-state index is 0.127. The molecule has 1 unspecified atom stereocenters. The van der Waals surface area contributed by atoms with Crippen LogP contribution in [0.2, 0.25) is 0 Å². The molecule has 1 aromatic rings. The third-order valence-corrected chi connectivity index (χ3v) is 3.28. The molecule has 0 aliphatic carbocycles. The van der Waals surface area contributed by atoms with Crippen molar-refractivity contribution in [2.24, 2.45) is 11.3 Å². The van der Waals surface area contributed by atoms with Crippen molar-refractivity contribution < 1.29 is 9.50 Å². The van der Waals surface area contributed by atoms with Gasteiger partial charge in [0.05, 0.1) is 0 Å². The standard InChI is InChI=1S/C13H19FO/c1-10(2)13(3,9-15)8-11-4-6-12(14)7-5-11/h4-7,10,15H,8-9H2,1-3H3. The van der Waals surface area contributed by atoms with Gasteiger partial charge in [0.2, 0.25) is 0 Å². The Morgan fingerprint density at radius 3 is 2.20 bits per heavy atom. The lowest BCUT2D eigenvalue weighted by atomic mass is 9.75. The van der Waals surface area contributed by atoms with Crippen molar-refractivity contribution in [2.45, 2.75) is 27.2 Å². The molecule has 1 aromatic carbocycles. The summed E-state index contributed by atoms with van der Waals surface area (Å²) in [6.07, 6.45) is 0.779. The van der Waals surface area contributed by atoms with E-state index in [-0.39, 0.29) is 17.8 Å². The molecule has 0 radical (unpaired) electrons. The maximum absolute atomic E-state index is 12.7. The lowest BCUT2D eigenvalue weighted by Crippen LogP contribution is -2.30. The van der Waals surface area contributed by atoms with Crippen molar-refractivity contribution in [3.63, 3.8) is 0 Å². The first-order chi connectivity index (χ1) is 6.98. The first-order valence-electron chi connectivity index (χ1n) is 5.33. The molecular formula is C13H19FO. The van der Waals surface area contributed by atoms with E-state index in [1.54, 1.807) is 12.1 Å². The quantitative estimate of drug-likeness (QED) is 0.810. The highest BCUT2D eigenvalue weighted by molar-refractivity contribution is 5.17. The smallest absolute Gasteiger partial charge is 0.123 e. The van der Waals surface area contributed by atoms with Crippen LogP contribution >= 0.6 is 0 Å². The number of hydrogen-bond acceptors (Lipinski definition) is 1. The third kappa shape index (κ3) is 3.03. The molecule has 0 spiro atoms. The SMILES string of the molecule is CC(C)C(C)(CO)Cc1ccc(F)cc1. The molecule has 0 heterocycles. The van der Waals surface area contributed by atoms with Crippen LogP contribution in [0, 0.1) is 17.2 Å². The van der Waals surface area contributed by atoms with E-state index in [9.17, 15) is 9.50 Å². The highest BCUT2D eigenvalue weighted by Crippen LogP contribution is 2.30. The van der Waals surface area contributed by atoms with Crippen LogP contribution in [0.4, 0.5) is 4.39 Å². The molecule has 2 heteroatoms. The first kappa shape index (κ1) is 12.2. The van der Waals surface area contributed by atoms with Crippen molar-refractivity contribution in [1.29, 1.82) is 0 Å². The largest absolute Gasteiger partial charge is 0.396 e. The van der Waals surface area contributed by atoms with Gasteiger partial charge in [0.15, 0.2) is 0 Å². The van der Waals surface area contributed by atoms with E-state index in [1.807, 2.05) is 0 Å². The molecule has 0 aromatic heterocycles. The molecule has 0 saturated heterocycles. The second kappa shape index (κ2) is 4.75. The molecular weight excluding hydrogens is 191 g/mol. The summed E-state index contributed by atoms with van der Waals surface area (Å²) < 4.78 is 12.7. The molecule has 0 saturated carbocycles. The van der Waals surface area contributed by atoms with Gasteiger partial charge in [-0.1, -0.05) is 32.9 Å². The van der Waals surface area contributed by atoms with E-state index in [1.165, 1.54) is 12.1 Å². The summed E-state index contributed by atoms with van der Waals surface area (Å²) in [4.78, 5) is 0. The molecule has 1 nitrogen and oxygen atoms in total. The van der Waals surface area contributed by atoms with Gasteiger partial charge in [-0.15, -0.1) is 0 Å². The minimum Gasteiger partial charge on any atom is -0.396 e. The monoisotopic (exact) mass is 210 g/mol. The summed E-state index contributed by atoms with van der Waals surface area (Å²) in [6, 6.07) is 6.50. The molecule has 0 aliphatic rings. The van der Waals surface area contributed by atoms with Crippen LogP contribution < -0.4 is 0 Å². The van der Waals surface area contributed by atoms with Crippen LogP contribution in [-0.4, -0.2) is 11.7 Å². The Bertz CT molecular complexity index is 305. The highest BCUT2D eigenvalue weighted by Gasteiger charge is 2.27. The van der Waals surface area contributed by atoms with Gasteiger partial charge in [-0.25, -0.2) is 4.39 Å². The van der Waals surface area contributed by atoms with E-state index in [2.05, 4.69) is 20.8 Å². The first-order valence-corrected chi connectivity index (χ1v) is 5.33. The Kier molecular flexibility index (Phi) is 3.86. The van der Waals surface area contributed by atoms with Gasteiger partial charge in [0, 0.05) is 6.61 Å². The van der Waals surface area contributed by atoms with Crippen molar-refractivity contribution in [3.8, 4) is 0 Å². The Morgan fingerprint density at radius 2 is 1.80 bits per heavy atom. The summed E-state index contributed by atoms with van der Waals surface area (Å²) in [5.41, 5.74) is 0.944. The summed E-state index contributed by atoms with van der Waals surface area (Å²) in [5, 5.41) is 9.40. The van der Waals surface area contributed by atoms with Gasteiger partial charge in [0.25, 0.3) is 0 Å². The van der Waals surface area contributed by atoms with E-state index in [4.69, 9.17) is 0 Å². The number of benzene rings is 1. The van der Waals surface area contributed by atoms with Crippen molar-refractivity contribution in [3.05, 3.63) is 35.6 Å². The number of aliphatic hydroxyl groups is 1. The predicted molar refractivity (Wildman–Crippen MR) is 60.1 cm³/mol. The van der Waals surface area contributed by atoms with Crippen molar-refractivity contribution in [1.82, 2.24) is 0 Å². The Hall–Kier alpha value is -0.890. The molecule has 1 N–H and O–H groups in total. The fourth-order valence-electron chi connectivity index (χ4n) is 1.51. The second-order valence-electron chi connectivity index (χ2n) is 4.77. The molecule has 0 bridgehead atoms. The lowest BCUT2D eigenvalue weighted by Gasteiger charge is -2.31. The van der Waals surface area contributed by atoms with Gasteiger partial charge < -0.3 is 5.11 Å². The maximum atomic E-state index is 12.7. The van der Waals surface area contributed by atoms with Gasteiger partial charge in [0.1, 0.15) is 5.82 Å². The van der Waals surface area contributed by atoms with Crippen LogP contribution in [0.5, 0.6) is 0 Å². The number of hydrogen-bond donors (Lipinski definition) is 1. The fourth-order valence-corrected chi connectivity index (χ4v) is 1.51. The van der Waals surface area contributed by atoms with Crippen molar-refractivity contribution in [2.75, 3.05) is 6.61 Å².